The number of carbonyl (C=O) groups excluding carboxylic acids is 2. The molecule has 0 saturated carbocycles. The second-order valence-electron chi connectivity index (χ2n) is 20.1. The van der Waals surface area contributed by atoms with Crippen LogP contribution in [0.3, 0.4) is 0 Å². The predicted octanol–water partition coefficient (Wildman–Crippen LogP) is 16.2. The van der Waals surface area contributed by atoms with E-state index in [9.17, 15) is 27.2 Å². The van der Waals surface area contributed by atoms with Gasteiger partial charge in [-0.05, 0) is 53.4 Å². The molecule has 2 unspecified atom stereocenters. The summed E-state index contributed by atoms with van der Waals surface area (Å²) in [4.78, 5) is 30.2. The Morgan fingerprint density at radius 1 is 0.522 bits per heavy atom. The standard InChI is InChI=1S/2C24H38F2NO.2C5H5.Ti/c2*1-7-8-9-10-11-12-21(27(18(2)3)23(28)24(4,5)6)16-14-19-13-15-20(25)17-22(19)26;2*1-2-4-5-3-1;/h2*13,15,18,21H,7-12,14,16H2,1-6H3;2*1-5H;/q4*-1;+4. The van der Waals surface area contributed by atoms with Crippen LogP contribution in [0.2, 0.25) is 0 Å². The number of unbranched alkanes of at least 4 members (excludes halogenated alkanes) is 8. The second kappa shape index (κ2) is 34.7. The fourth-order valence-electron chi connectivity index (χ4n) is 7.85. The Hall–Kier alpha value is -3.49. The first-order valence-electron chi connectivity index (χ1n) is 24.9. The molecular formula is C58H86F4N2O2Ti. The van der Waals surface area contributed by atoms with Gasteiger partial charge in [0.05, 0.1) is 0 Å². The maximum Gasteiger partial charge on any atom is 4.00 e. The molecule has 0 aromatic heterocycles. The molecule has 4 aromatic carbocycles. The number of hydrogen-bond donors (Lipinski definition) is 0. The van der Waals surface area contributed by atoms with E-state index >= 15 is 0 Å². The van der Waals surface area contributed by atoms with Crippen LogP contribution in [0, 0.1) is 46.2 Å². The van der Waals surface area contributed by atoms with E-state index in [2.05, 4.69) is 26.0 Å². The minimum Gasteiger partial charge on any atom is -0.337 e. The van der Waals surface area contributed by atoms with Gasteiger partial charge in [-0.3, -0.25) is 9.59 Å². The van der Waals surface area contributed by atoms with Gasteiger partial charge in [0.25, 0.3) is 0 Å². The maximum absolute atomic E-state index is 14.0. The third-order valence-electron chi connectivity index (χ3n) is 11.4. The molecular weight excluding hydrogens is 881 g/mol. The molecule has 0 aliphatic carbocycles. The van der Waals surface area contributed by atoms with Gasteiger partial charge in [0.15, 0.2) is 0 Å². The van der Waals surface area contributed by atoms with Crippen LogP contribution in [0.1, 0.15) is 184 Å². The summed E-state index contributed by atoms with van der Waals surface area (Å²) in [6.07, 6.45) is 15.8. The molecule has 0 heterocycles. The topological polar surface area (TPSA) is 40.6 Å². The second-order valence-corrected chi connectivity index (χ2v) is 20.1. The van der Waals surface area contributed by atoms with Gasteiger partial charge in [0.1, 0.15) is 0 Å². The molecule has 0 N–H and O–H groups in total. The number of halogens is 4. The van der Waals surface area contributed by atoms with Crippen molar-refractivity contribution in [3.8, 4) is 0 Å². The average Bonchev–Trinajstić information content (AvgIpc) is 4.03. The summed E-state index contributed by atoms with van der Waals surface area (Å²) in [7, 11) is 0. The Morgan fingerprint density at radius 2 is 0.836 bits per heavy atom. The number of benzene rings is 2. The number of amides is 2. The minimum atomic E-state index is -0.680. The Kier molecular flexibility index (Phi) is 32.9. The van der Waals surface area contributed by atoms with Crippen LogP contribution in [0.25, 0.3) is 0 Å². The Balaban J connectivity index is 0.00000105. The zero-order valence-electron chi connectivity index (χ0n) is 43.4. The van der Waals surface area contributed by atoms with Crippen LogP contribution in [-0.4, -0.2) is 45.8 Å². The van der Waals surface area contributed by atoms with Gasteiger partial charge in [-0.2, -0.15) is 48.5 Å². The molecule has 2 atom stereocenters. The van der Waals surface area contributed by atoms with Gasteiger partial charge in [0, 0.05) is 58.3 Å². The van der Waals surface area contributed by atoms with Crippen LogP contribution in [0.5, 0.6) is 0 Å². The van der Waals surface area contributed by atoms with Crippen LogP contribution >= 0.6 is 0 Å². The number of carbonyl (C=O) groups is 2. The van der Waals surface area contributed by atoms with Crippen molar-refractivity contribution in [3.05, 3.63) is 131 Å². The van der Waals surface area contributed by atoms with Crippen LogP contribution in [0.4, 0.5) is 17.6 Å². The molecule has 0 fully saturated rings. The van der Waals surface area contributed by atoms with Gasteiger partial charge < -0.3 is 9.80 Å². The molecule has 0 aliphatic rings. The molecule has 0 bridgehead atoms. The van der Waals surface area contributed by atoms with Crippen molar-refractivity contribution in [1.29, 1.82) is 0 Å². The summed E-state index contributed by atoms with van der Waals surface area (Å²) in [6, 6.07) is 30.0. The van der Waals surface area contributed by atoms with Gasteiger partial charge in [-0.15, -0.1) is 35.4 Å². The van der Waals surface area contributed by atoms with Crippen LogP contribution < -0.4 is 0 Å². The Bertz CT molecular complexity index is 1660. The molecule has 0 saturated heterocycles. The molecule has 0 radical (unpaired) electrons. The average molecular weight is 967 g/mol. The van der Waals surface area contributed by atoms with Gasteiger partial charge in [-0.25, -0.2) is 41.8 Å². The molecule has 67 heavy (non-hydrogen) atoms. The molecule has 4 nitrogen and oxygen atoms in total. The molecule has 4 aromatic rings. The first-order valence-corrected chi connectivity index (χ1v) is 24.9. The first kappa shape index (κ1) is 63.5. The van der Waals surface area contributed by atoms with E-state index in [1.165, 1.54) is 62.8 Å². The van der Waals surface area contributed by atoms with E-state index in [1.54, 1.807) is 0 Å². The van der Waals surface area contributed by atoms with Crippen molar-refractivity contribution >= 4 is 11.8 Å². The third-order valence-corrected chi connectivity index (χ3v) is 11.4. The fraction of sp³-hybridized carbons (Fsp3) is 0.586. The zero-order valence-corrected chi connectivity index (χ0v) is 45.0. The molecule has 2 amide bonds. The van der Waals surface area contributed by atoms with Gasteiger partial charge in [-0.1, -0.05) is 132 Å². The normalized spacial score (nSPS) is 12.1. The smallest absolute Gasteiger partial charge is 0.337 e. The Labute approximate surface area is 420 Å². The van der Waals surface area contributed by atoms with Crippen molar-refractivity contribution in [1.82, 2.24) is 9.80 Å². The summed E-state index contributed by atoms with van der Waals surface area (Å²) in [5, 5.41) is 0. The number of aryl methyl sites for hydroxylation is 2. The van der Waals surface area contributed by atoms with Gasteiger partial charge in [0.2, 0.25) is 11.8 Å². The van der Waals surface area contributed by atoms with Crippen LogP contribution in [-0.2, 0) is 44.1 Å². The first-order chi connectivity index (χ1) is 31.1. The van der Waals surface area contributed by atoms with E-state index < -0.39 is 34.1 Å². The molecule has 0 aliphatic heterocycles. The van der Waals surface area contributed by atoms with E-state index in [-0.39, 0.29) is 57.7 Å². The van der Waals surface area contributed by atoms with E-state index in [0.717, 1.165) is 38.5 Å². The van der Waals surface area contributed by atoms with Crippen molar-refractivity contribution in [2.75, 3.05) is 0 Å². The SMILES string of the molecule is CCCCCCCC(CCc1ccc(F)[c-]c1F)N(C(=O)C(C)(C)C)C(C)C.CCCCCCCC(CCc1ccc(F)[c-]c1F)N(C(=O)C(C)(C)C)C(C)C.[Ti+4].c1cc[cH-]c1.c1cc[cH-]c1. The van der Waals surface area contributed by atoms with E-state index in [4.69, 9.17) is 0 Å². The van der Waals surface area contributed by atoms with Crippen molar-refractivity contribution < 1.29 is 48.9 Å². The summed E-state index contributed by atoms with van der Waals surface area (Å²) in [5.41, 5.74) is 0.00723. The Morgan fingerprint density at radius 3 is 1.07 bits per heavy atom. The summed E-state index contributed by atoms with van der Waals surface area (Å²) in [6.45, 7) is 24.2. The minimum absolute atomic E-state index is 0. The van der Waals surface area contributed by atoms with E-state index in [1.807, 2.05) is 140 Å². The third kappa shape index (κ3) is 26.7. The van der Waals surface area contributed by atoms with Crippen molar-refractivity contribution in [2.45, 2.75) is 210 Å². The molecule has 372 valence electrons. The van der Waals surface area contributed by atoms with E-state index in [0.29, 0.717) is 36.8 Å². The number of hydrogen-bond acceptors (Lipinski definition) is 2. The fourth-order valence-corrected chi connectivity index (χ4v) is 7.85. The summed E-state index contributed by atoms with van der Waals surface area (Å²) < 4.78 is 54.3. The molecule has 0 spiro atoms. The van der Waals surface area contributed by atoms with Crippen molar-refractivity contribution in [2.24, 2.45) is 10.8 Å². The number of rotatable bonds is 22. The summed E-state index contributed by atoms with van der Waals surface area (Å²) in [5.74, 6) is -2.35. The quantitative estimate of drug-likeness (QED) is 0.0341. The molecule has 4 rings (SSSR count). The monoisotopic (exact) mass is 967 g/mol. The molecule has 9 heteroatoms. The van der Waals surface area contributed by atoms with Crippen molar-refractivity contribution in [3.63, 3.8) is 0 Å². The number of nitrogens with zero attached hydrogens (tertiary/aromatic N) is 2. The predicted molar refractivity (Wildman–Crippen MR) is 268 cm³/mol. The van der Waals surface area contributed by atoms with Crippen LogP contribution in [0.15, 0.2) is 84.9 Å². The zero-order chi connectivity index (χ0) is 49.7. The largest absolute Gasteiger partial charge is 4.00 e. The maximum atomic E-state index is 14.0. The van der Waals surface area contributed by atoms with Gasteiger partial charge >= 0.3 is 21.7 Å². The summed E-state index contributed by atoms with van der Waals surface area (Å²) >= 11 is 0.